The Balaban J connectivity index is 1.45. The van der Waals surface area contributed by atoms with Crippen LogP contribution in [0.3, 0.4) is 0 Å². The van der Waals surface area contributed by atoms with Crippen molar-refractivity contribution in [3.8, 4) is 9.88 Å². The van der Waals surface area contributed by atoms with E-state index in [4.69, 9.17) is 11.6 Å². The second-order valence-electron chi connectivity index (χ2n) is 4.90. The van der Waals surface area contributed by atoms with Crippen LogP contribution in [0.5, 0.6) is 0 Å². The van der Waals surface area contributed by atoms with E-state index in [1.807, 2.05) is 36.4 Å². The molecule has 0 aliphatic rings. The third kappa shape index (κ3) is 3.21. The minimum absolute atomic E-state index is 0.195. The van der Waals surface area contributed by atoms with Crippen molar-refractivity contribution in [1.82, 2.24) is 15.3 Å². The first-order chi connectivity index (χ1) is 11.7. The third-order valence-electron chi connectivity index (χ3n) is 3.26. The molecular formula is C16H10ClN3OS3. The van der Waals surface area contributed by atoms with Gasteiger partial charge in [-0.15, -0.1) is 34.0 Å². The predicted molar refractivity (Wildman–Crippen MR) is 101 cm³/mol. The Hall–Kier alpha value is -1.80. The van der Waals surface area contributed by atoms with Crippen LogP contribution in [0.25, 0.3) is 20.1 Å². The summed E-state index contributed by atoms with van der Waals surface area (Å²) in [6, 6.07) is 11.7. The van der Waals surface area contributed by atoms with Crippen molar-refractivity contribution in [2.24, 2.45) is 0 Å². The number of fused-ring (bicyclic) bond motifs is 1. The predicted octanol–water partition coefficient (Wildman–Crippen LogP) is 5.06. The quantitative estimate of drug-likeness (QED) is 0.528. The number of rotatable bonds is 4. The van der Waals surface area contributed by atoms with Crippen molar-refractivity contribution in [2.45, 2.75) is 6.54 Å². The molecule has 0 saturated carbocycles. The number of halogens is 1. The molecule has 0 atom stereocenters. The summed E-state index contributed by atoms with van der Waals surface area (Å²) in [6.07, 6.45) is 0. The van der Waals surface area contributed by atoms with Gasteiger partial charge in [-0.2, -0.15) is 0 Å². The zero-order valence-corrected chi connectivity index (χ0v) is 15.4. The van der Waals surface area contributed by atoms with E-state index in [1.54, 1.807) is 16.7 Å². The highest BCUT2D eigenvalue weighted by atomic mass is 35.5. The molecule has 1 N–H and O–H groups in total. The van der Waals surface area contributed by atoms with E-state index in [1.165, 1.54) is 22.7 Å². The molecule has 3 heterocycles. The molecule has 4 aromatic rings. The van der Waals surface area contributed by atoms with E-state index in [9.17, 15) is 4.79 Å². The van der Waals surface area contributed by atoms with Crippen LogP contribution in [0.2, 0.25) is 4.34 Å². The Morgan fingerprint density at radius 2 is 2.00 bits per heavy atom. The van der Waals surface area contributed by atoms with Crippen LogP contribution in [-0.2, 0) is 6.54 Å². The monoisotopic (exact) mass is 391 g/mol. The molecule has 0 aliphatic carbocycles. The first kappa shape index (κ1) is 15.7. The highest BCUT2D eigenvalue weighted by Gasteiger charge is 2.13. The summed E-state index contributed by atoms with van der Waals surface area (Å²) < 4.78 is 1.83. The minimum atomic E-state index is -0.195. The zero-order chi connectivity index (χ0) is 16.5. The molecule has 120 valence electrons. The summed E-state index contributed by atoms with van der Waals surface area (Å²) in [5.41, 5.74) is 1.37. The number of hydrogen-bond donors (Lipinski definition) is 1. The number of amides is 1. The lowest BCUT2D eigenvalue weighted by Crippen LogP contribution is -2.22. The second-order valence-corrected chi connectivity index (χ2v) is 8.59. The van der Waals surface area contributed by atoms with Gasteiger partial charge in [0.05, 0.1) is 26.0 Å². The molecule has 0 saturated heterocycles. The fourth-order valence-electron chi connectivity index (χ4n) is 2.16. The van der Waals surface area contributed by atoms with Gasteiger partial charge in [-0.05, 0) is 24.3 Å². The summed E-state index contributed by atoms with van der Waals surface area (Å²) in [6.45, 7) is 0.399. The molecule has 0 aliphatic heterocycles. The van der Waals surface area contributed by atoms with Crippen molar-refractivity contribution >= 4 is 61.7 Å². The zero-order valence-electron chi connectivity index (χ0n) is 12.2. The molecule has 24 heavy (non-hydrogen) atoms. The van der Waals surface area contributed by atoms with Crippen LogP contribution in [0.1, 0.15) is 15.5 Å². The van der Waals surface area contributed by atoms with Gasteiger partial charge in [-0.25, -0.2) is 9.97 Å². The van der Waals surface area contributed by atoms with Gasteiger partial charge in [0.1, 0.15) is 15.7 Å². The van der Waals surface area contributed by atoms with E-state index in [0.29, 0.717) is 16.6 Å². The lowest BCUT2D eigenvalue weighted by atomic mass is 10.3. The van der Waals surface area contributed by atoms with Crippen LogP contribution < -0.4 is 5.32 Å². The lowest BCUT2D eigenvalue weighted by Gasteiger charge is -1.99. The summed E-state index contributed by atoms with van der Waals surface area (Å²) in [5, 5.41) is 6.32. The van der Waals surface area contributed by atoms with E-state index in [2.05, 4.69) is 15.3 Å². The van der Waals surface area contributed by atoms with Crippen LogP contribution in [0, 0.1) is 0 Å². The molecule has 0 fully saturated rings. The number of thiophene rings is 1. The minimum Gasteiger partial charge on any atom is -0.344 e. The molecule has 0 spiro atoms. The summed E-state index contributed by atoms with van der Waals surface area (Å²) in [5.74, 6) is -0.195. The van der Waals surface area contributed by atoms with Gasteiger partial charge in [-0.1, -0.05) is 23.7 Å². The van der Waals surface area contributed by atoms with Crippen LogP contribution in [-0.4, -0.2) is 15.9 Å². The fraction of sp³-hybridized carbons (Fsp3) is 0.0625. The van der Waals surface area contributed by atoms with Crippen molar-refractivity contribution in [3.05, 3.63) is 56.8 Å². The average Bonchev–Trinajstić information content (AvgIpc) is 3.30. The third-order valence-corrected chi connectivity index (χ3v) is 6.54. The molecule has 1 amide bonds. The molecule has 0 unspecified atom stereocenters. The largest absolute Gasteiger partial charge is 0.344 e. The standard InChI is InChI=1S/C16H10ClN3OS3/c17-13-6-5-12(23-13)16-20-10(8-22-16)15(21)18-7-14-19-9-3-1-2-4-11(9)24-14/h1-6,8H,7H2,(H,18,21). The Morgan fingerprint density at radius 1 is 1.12 bits per heavy atom. The lowest BCUT2D eigenvalue weighted by molar-refractivity contribution is 0.0946. The van der Waals surface area contributed by atoms with E-state index >= 15 is 0 Å². The highest BCUT2D eigenvalue weighted by Crippen LogP contribution is 2.32. The Morgan fingerprint density at radius 3 is 2.79 bits per heavy atom. The van der Waals surface area contributed by atoms with Crippen LogP contribution >= 0.6 is 45.6 Å². The van der Waals surface area contributed by atoms with Crippen LogP contribution in [0.4, 0.5) is 0 Å². The van der Waals surface area contributed by atoms with Gasteiger partial charge in [0.2, 0.25) is 0 Å². The number of benzene rings is 1. The highest BCUT2D eigenvalue weighted by molar-refractivity contribution is 7.23. The Kier molecular flexibility index (Phi) is 4.32. The smallest absolute Gasteiger partial charge is 0.271 e. The Labute approximate surface area is 154 Å². The van der Waals surface area contributed by atoms with Crippen LogP contribution in [0.15, 0.2) is 41.8 Å². The first-order valence-electron chi connectivity index (χ1n) is 7.03. The van der Waals surface area contributed by atoms with E-state index in [0.717, 1.165) is 25.1 Å². The summed E-state index contributed by atoms with van der Waals surface area (Å²) in [4.78, 5) is 22.1. The average molecular weight is 392 g/mol. The van der Waals surface area contributed by atoms with Gasteiger partial charge >= 0.3 is 0 Å². The summed E-state index contributed by atoms with van der Waals surface area (Å²) in [7, 11) is 0. The van der Waals surface area contributed by atoms with Crippen molar-refractivity contribution in [3.63, 3.8) is 0 Å². The van der Waals surface area contributed by atoms with Gasteiger partial charge in [-0.3, -0.25) is 4.79 Å². The van der Waals surface area contributed by atoms with Gasteiger partial charge in [0.15, 0.2) is 0 Å². The van der Waals surface area contributed by atoms with Gasteiger partial charge in [0, 0.05) is 5.38 Å². The van der Waals surface area contributed by atoms with Crippen molar-refractivity contribution in [2.75, 3.05) is 0 Å². The van der Waals surface area contributed by atoms with Gasteiger partial charge in [0.25, 0.3) is 5.91 Å². The number of para-hydroxylation sites is 1. The second kappa shape index (κ2) is 6.60. The number of thiazole rings is 2. The first-order valence-corrected chi connectivity index (χ1v) is 9.92. The maximum Gasteiger partial charge on any atom is 0.271 e. The maximum absolute atomic E-state index is 12.3. The number of aromatic nitrogens is 2. The molecule has 0 radical (unpaired) electrons. The fourth-order valence-corrected chi connectivity index (χ4v) is 4.98. The normalized spacial score (nSPS) is 11.0. The SMILES string of the molecule is O=C(NCc1nc2ccccc2s1)c1csc(-c2ccc(Cl)s2)n1. The van der Waals surface area contributed by atoms with Crippen molar-refractivity contribution in [1.29, 1.82) is 0 Å². The number of nitrogens with one attached hydrogen (secondary N) is 1. The number of carbonyl (C=O) groups excluding carboxylic acids is 1. The molecule has 4 rings (SSSR count). The molecule has 0 bridgehead atoms. The Bertz CT molecular complexity index is 987. The molecule has 4 nitrogen and oxygen atoms in total. The molecule has 8 heteroatoms. The topological polar surface area (TPSA) is 54.9 Å². The number of carbonyl (C=O) groups is 1. The van der Waals surface area contributed by atoms with E-state index < -0.39 is 0 Å². The number of hydrogen-bond acceptors (Lipinski definition) is 6. The van der Waals surface area contributed by atoms with E-state index in [-0.39, 0.29) is 5.91 Å². The molecule has 3 aromatic heterocycles. The van der Waals surface area contributed by atoms with Gasteiger partial charge < -0.3 is 5.32 Å². The molecular weight excluding hydrogens is 382 g/mol. The maximum atomic E-state index is 12.3. The summed E-state index contributed by atoms with van der Waals surface area (Å²) >= 11 is 10.4. The number of nitrogens with zero attached hydrogens (tertiary/aromatic N) is 2. The molecule has 1 aromatic carbocycles. The van der Waals surface area contributed by atoms with Crippen molar-refractivity contribution < 1.29 is 4.79 Å².